The van der Waals surface area contributed by atoms with Gasteiger partial charge in [0.15, 0.2) is 6.61 Å². The van der Waals surface area contributed by atoms with Crippen LogP contribution in [0.15, 0.2) is 0 Å². The molecule has 9 heteroatoms. The number of carbonyl (C=O) groups excluding carboxylic acids is 4. The fourth-order valence-electron chi connectivity index (χ4n) is 2.21. The molecule has 0 aliphatic heterocycles. The quantitative estimate of drug-likeness (QED) is 0.688. The van der Waals surface area contributed by atoms with E-state index in [4.69, 9.17) is 4.74 Å². The van der Waals surface area contributed by atoms with Crippen LogP contribution in [0.25, 0.3) is 0 Å². The normalized spacial score (nSPS) is 13.1. The minimum absolute atomic E-state index is 0.0153. The smallest absolute Gasteiger partial charge is 0.341 e. The highest BCUT2D eigenvalue weighted by Gasteiger charge is 2.32. The molecular weight excluding hydrogens is 358 g/mol. The number of nitrogens with one attached hydrogen (secondary N) is 2. The largest absolute Gasteiger partial charge is 0.452 e. The number of rotatable bonds is 7. The lowest BCUT2D eigenvalue weighted by Crippen LogP contribution is -2.39. The molecule has 2 N–H and O–H groups in total. The van der Waals surface area contributed by atoms with E-state index in [0.29, 0.717) is 5.00 Å². The lowest BCUT2D eigenvalue weighted by molar-refractivity contribution is -0.137. The van der Waals surface area contributed by atoms with Gasteiger partial charge in [0.1, 0.15) is 5.00 Å². The van der Waals surface area contributed by atoms with E-state index in [0.717, 1.165) is 23.3 Å². The third-order valence-corrected chi connectivity index (χ3v) is 5.31. The van der Waals surface area contributed by atoms with E-state index in [1.54, 1.807) is 6.92 Å². The van der Waals surface area contributed by atoms with Gasteiger partial charge in [0.05, 0.1) is 12.1 Å². The van der Waals surface area contributed by atoms with Gasteiger partial charge in [0, 0.05) is 24.9 Å². The van der Waals surface area contributed by atoms with Crippen molar-refractivity contribution in [3.05, 3.63) is 16.0 Å². The van der Waals surface area contributed by atoms with Crippen LogP contribution in [0.3, 0.4) is 0 Å². The van der Waals surface area contributed by atoms with Crippen LogP contribution < -0.4 is 10.6 Å². The first-order chi connectivity index (χ1) is 12.2. The van der Waals surface area contributed by atoms with Crippen molar-refractivity contribution in [3.8, 4) is 0 Å². The summed E-state index contributed by atoms with van der Waals surface area (Å²) in [5.41, 5.74) is 1.00. The fourth-order valence-corrected chi connectivity index (χ4v) is 3.26. The Bertz CT molecular complexity index is 739. The van der Waals surface area contributed by atoms with E-state index in [1.165, 1.54) is 30.3 Å². The summed E-state index contributed by atoms with van der Waals surface area (Å²) in [6, 6.07) is 0. The van der Waals surface area contributed by atoms with Gasteiger partial charge in [-0.2, -0.15) is 0 Å². The molecule has 1 aliphatic carbocycles. The van der Waals surface area contributed by atoms with Crippen molar-refractivity contribution in [1.82, 2.24) is 10.2 Å². The zero-order valence-electron chi connectivity index (χ0n) is 15.3. The summed E-state index contributed by atoms with van der Waals surface area (Å²) in [4.78, 5) is 49.8. The molecule has 0 radical (unpaired) electrons. The molecule has 1 aliphatic rings. The molecule has 142 valence electrons. The number of ether oxygens (including phenoxy) is 1. The Balaban J connectivity index is 2.01. The number of hydrogen-bond donors (Lipinski definition) is 2. The SMILES string of the molecule is CNC(=O)CN(C)C(=O)COC(=O)c1c(NC(=O)C2CC2)sc(C)c1C. The second kappa shape index (κ2) is 8.31. The monoisotopic (exact) mass is 381 g/mol. The molecular formula is C17H23N3O5S. The number of carbonyl (C=O) groups is 4. The van der Waals surface area contributed by atoms with Gasteiger partial charge < -0.3 is 20.3 Å². The van der Waals surface area contributed by atoms with Gasteiger partial charge in [0.25, 0.3) is 5.91 Å². The second-order valence-electron chi connectivity index (χ2n) is 6.25. The Kier molecular flexibility index (Phi) is 6.36. The number of anilines is 1. The van der Waals surface area contributed by atoms with E-state index in [-0.39, 0.29) is 29.8 Å². The molecule has 0 atom stereocenters. The number of aryl methyl sites for hydroxylation is 1. The first-order valence-electron chi connectivity index (χ1n) is 8.27. The molecule has 1 fully saturated rings. The summed E-state index contributed by atoms with van der Waals surface area (Å²) in [7, 11) is 2.92. The number of nitrogens with zero attached hydrogens (tertiary/aromatic N) is 1. The molecule has 1 aromatic heterocycles. The van der Waals surface area contributed by atoms with Crippen molar-refractivity contribution in [2.75, 3.05) is 32.6 Å². The fraction of sp³-hybridized carbons (Fsp3) is 0.529. The molecule has 0 unspecified atom stereocenters. The molecule has 1 aromatic rings. The molecule has 1 heterocycles. The summed E-state index contributed by atoms with van der Waals surface area (Å²) >= 11 is 1.31. The molecule has 2 rings (SSSR count). The van der Waals surface area contributed by atoms with Crippen LogP contribution in [-0.4, -0.2) is 55.8 Å². The standard InChI is InChI=1S/C17H23N3O5S/c1-9-10(2)26-16(19-15(23)11-5-6-11)14(9)17(24)25-8-13(22)20(4)7-12(21)18-3/h11H,5-8H2,1-4H3,(H,18,21)(H,19,23). The number of thiophene rings is 1. The average molecular weight is 381 g/mol. The first-order valence-corrected chi connectivity index (χ1v) is 9.08. The summed E-state index contributed by atoms with van der Waals surface area (Å²) in [5.74, 6) is -1.56. The lowest BCUT2D eigenvalue weighted by atomic mass is 10.1. The van der Waals surface area contributed by atoms with Crippen LogP contribution in [0, 0.1) is 19.8 Å². The van der Waals surface area contributed by atoms with Gasteiger partial charge in [-0.15, -0.1) is 11.3 Å². The van der Waals surface area contributed by atoms with E-state index in [9.17, 15) is 19.2 Å². The van der Waals surface area contributed by atoms with Gasteiger partial charge >= 0.3 is 5.97 Å². The van der Waals surface area contributed by atoms with Gasteiger partial charge in [-0.25, -0.2) is 4.79 Å². The van der Waals surface area contributed by atoms with Crippen LogP contribution in [0.2, 0.25) is 0 Å². The maximum atomic E-state index is 12.5. The highest BCUT2D eigenvalue weighted by Crippen LogP contribution is 2.36. The van der Waals surface area contributed by atoms with Gasteiger partial charge in [-0.1, -0.05) is 0 Å². The zero-order valence-corrected chi connectivity index (χ0v) is 16.1. The van der Waals surface area contributed by atoms with Crippen molar-refractivity contribution in [3.63, 3.8) is 0 Å². The Hall–Kier alpha value is -2.42. The first kappa shape index (κ1) is 19.9. The predicted molar refractivity (Wildman–Crippen MR) is 97.1 cm³/mol. The van der Waals surface area contributed by atoms with E-state index >= 15 is 0 Å². The Labute approximate surface area is 155 Å². The molecule has 1 saturated carbocycles. The van der Waals surface area contributed by atoms with Gasteiger partial charge in [0.2, 0.25) is 11.8 Å². The van der Waals surface area contributed by atoms with E-state index in [2.05, 4.69) is 10.6 Å². The van der Waals surface area contributed by atoms with Gasteiger partial charge in [-0.05, 0) is 32.3 Å². The molecule has 0 spiro atoms. The second-order valence-corrected chi connectivity index (χ2v) is 7.47. The predicted octanol–water partition coefficient (Wildman–Crippen LogP) is 1.07. The van der Waals surface area contributed by atoms with Crippen LogP contribution in [0.5, 0.6) is 0 Å². The van der Waals surface area contributed by atoms with Crippen LogP contribution >= 0.6 is 11.3 Å². The number of hydrogen-bond acceptors (Lipinski definition) is 6. The minimum atomic E-state index is -0.667. The highest BCUT2D eigenvalue weighted by molar-refractivity contribution is 7.16. The summed E-state index contributed by atoms with van der Waals surface area (Å²) in [6.07, 6.45) is 1.72. The summed E-state index contributed by atoms with van der Waals surface area (Å²) in [6.45, 7) is 3.03. The van der Waals surface area contributed by atoms with Crippen LogP contribution in [0.4, 0.5) is 5.00 Å². The highest BCUT2D eigenvalue weighted by atomic mass is 32.1. The Morgan fingerprint density at radius 3 is 2.46 bits per heavy atom. The Morgan fingerprint density at radius 2 is 1.88 bits per heavy atom. The number of esters is 1. The average Bonchev–Trinajstić information content (AvgIpc) is 3.40. The lowest BCUT2D eigenvalue weighted by Gasteiger charge is -2.16. The minimum Gasteiger partial charge on any atom is -0.452 e. The maximum absolute atomic E-state index is 12.5. The molecule has 0 saturated heterocycles. The van der Waals surface area contributed by atoms with Crippen molar-refractivity contribution >= 4 is 40.0 Å². The number of likely N-dealkylation sites (N-methyl/N-ethyl adjacent to an activating group) is 2. The van der Waals surface area contributed by atoms with Crippen LogP contribution in [0.1, 0.15) is 33.6 Å². The Morgan fingerprint density at radius 1 is 1.23 bits per heavy atom. The van der Waals surface area contributed by atoms with Crippen molar-refractivity contribution in [1.29, 1.82) is 0 Å². The van der Waals surface area contributed by atoms with Crippen molar-refractivity contribution in [2.45, 2.75) is 26.7 Å². The molecule has 0 aromatic carbocycles. The molecule has 26 heavy (non-hydrogen) atoms. The van der Waals surface area contributed by atoms with E-state index < -0.39 is 18.5 Å². The van der Waals surface area contributed by atoms with Crippen LogP contribution in [-0.2, 0) is 19.1 Å². The molecule has 0 bridgehead atoms. The maximum Gasteiger partial charge on any atom is 0.341 e. The molecule has 8 nitrogen and oxygen atoms in total. The number of amides is 3. The topological polar surface area (TPSA) is 105 Å². The summed E-state index contributed by atoms with van der Waals surface area (Å²) in [5, 5.41) is 5.65. The zero-order chi connectivity index (χ0) is 19.4. The third-order valence-electron chi connectivity index (χ3n) is 4.19. The third kappa shape index (κ3) is 4.81. The van der Waals surface area contributed by atoms with Crippen molar-refractivity contribution in [2.24, 2.45) is 5.92 Å². The summed E-state index contributed by atoms with van der Waals surface area (Å²) < 4.78 is 5.11. The molecule has 3 amide bonds. The van der Waals surface area contributed by atoms with Gasteiger partial charge in [-0.3, -0.25) is 14.4 Å². The van der Waals surface area contributed by atoms with E-state index in [1.807, 2.05) is 6.92 Å². The van der Waals surface area contributed by atoms with Crippen molar-refractivity contribution < 1.29 is 23.9 Å².